The van der Waals surface area contributed by atoms with Crippen LogP contribution in [0.5, 0.6) is 5.75 Å². The van der Waals surface area contributed by atoms with Crippen molar-refractivity contribution in [2.75, 3.05) is 19.0 Å². The summed E-state index contributed by atoms with van der Waals surface area (Å²) in [5, 5.41) is 5.97. The predicted octanol–water partition coefficient (Wildman–Crippen LogP) is 3.52. The first kappa shape index (κ1) is 14.6. The second-order valence-electron chi connectivity index (χ2n) is 4.41. The van der Waals surface area contributed by atoms with Crippen LogP contribution in [0.25, 0.3) is 0 Å². The number of carbonyl (C=O) groups excluding carboxylic acids is 1. The number of ether oxygens (including phenoxy) is 1. The van der Waals surface area contributed by atoms with Gasteiger partial charge >= 0.3 is 6.03 Å². The molecule has 0 spiro atoms. The third kappa shape index (κ3) is 4.84. The van der Waals surface area contributed by atoms with Gasteiger partial charge in [-0.25, -0.2) is 4.79 Å². The Hall–Kier alpha value is -1.42. The zero-order valence-corrected chi connectivity index (χ0v) is 11.7. The first-order valence-corrected chi connectivity index (χ1v) is 6.29. The summed E-state index contributed by atoms with van der Waals surface area (Å²) in [7, 11) is 1.55. The highest BCUT2D eigenvalue weighted by Crippen LogP contribution is 2.27. The molecule has 18 heavy (non-hydrogen) atoms. The molecule has 1 rings (SSSR count). The lowest BCUT2D eigenvalue weighted by atomic mass is 10.1. The Bertz CT molecular complexity index is 408. The molecule has 0 saturated carbocycles. The van der Waals surface area contributed by atoms with Gasteiger partial charge < -0.3 is 15.4 Å². The van der Waals surface area contributed by atoms with Crippen LogP contribution in [0.15, 0.2) is 18.2 Å². The zero-order chi connectivity index (χ0) is 13.5. The van der Waals surface area contributed by atoms with Gasteiger partial charge in [-0.1, -0.05) is 25.4 Å². The third-order valence-electron chi connectivity index (χ3n) is 2.42. The Morgan fingerprint density at radius 1 is 1.44 bits per heavy atom. The average molecular weight is 271 g/mol. The second kappa shape index (κ2) is 7.11. The molecule has 1 aromatic rings. The summed E-state index contributed by atoms with van der Waals surface area (Å²) in [6, 6.07) is 4.89. The largest absolute Gasteiger partial charge is 0.495 e. The summed E-state index contributed by atoms with van der Waals surface area (Å²) in [6.07, 6.45) is 0.955. The molecule has 0 unspecified atom stereocenters. The lowest BCUT2D eigenvalue weighted by Crippen LogP contribution is -2.30. The minimum atomic E-state index is -0.225. The van der Waals surface area contributed by atoms with Crippen molar-refractivity contribution in [3.63, 3.8) is 0 Å². The molecule has 0 aliphatic rings. The Kier molecular flexibility index (Phi) is 5.78. The highest BCUT2D eigenvalue weighted by Gasteiger charge is 2.05. The number of anilines is 1. The summed E-state index contributed by atoms with van der Waals surface area (Å²) in [5.41, 5.74) is 0.642. The van der Waals surface area contributed by atoms with Gasteiger partial charge in [0.25, 0.3) is 0 Å². The van der Waals surface area contributed by atoms with E-state index in [9.17, 15) is 4.79 Å². The third-order valence-corrected chi connectivity index (χ3v) is 2.71. The monoisotopic (exact) mass is 270 g/mol. The van der Waals surface area contributed by atoms with Crippen molar-refractivity contribution < 1.29 is 9.53 Å². The van der Waals surface area contributed by atoms with Crippen molar-refractivity contribution >= 4 is 23.3 Å². The smallest absolute Gasteiger partial charge is 0.319 e. The molecule has 0 fully saturated rings. The molecule has 0 atom stereocenters. The van der Waals surface area contributed by atoms with Gasteiger partial charge in [-0.3, -0.25) is 0 Å². The topological polar surface area (TPSA) is 50.4 Å². The van der Waals surface area contributed by atoms with E-state index in [0.717, 1.165) is 6.42 Å². The van der Waals surface area contributed by atoms with Crippen molar-refractivity contribution in [1.29, 1.82) is 0 Å². The molecule has 100 valence electrons. The number of carbonyl (C=O) groups is 1. The van der Waals surface area contributed by atoms with Crippen LogP contribution in [0, 0.1) is 5.92 Å². The molecule has 5 heteroatoms. The standard InChI is InChI=1S/C13H19ClN2O2/c1-9(2)6-7-15-13(17)16-10-4-5-12(18-3)11(14)8-10/h4-5,8-9H,6-7H2,1-3H3,(H2,15,16,17). The molecule has 0 aromatic heterocycles. The summed E-state index contributed by atoms with van der Waals surface area (Å²) >= 11 is 5.96. The summed E-state index contributed by atoms with van der Waals surface area (Å²) in [5.74, 6) is 1.16. The van der Waals surface area contributed by atoms with E-state index < -0.39 is 0 Å². The maximum atomic E-state index is 11.6. The zero-order valence-electron chi connectivity index (χ0n) is 10.9. The van der Waals surface area contributed by atoms with Gasteiger partial charge in [0.05, 0.1) is 12.1 Å². The van der Waals surface area contributed by atoms with E-state index in [4.69, 9.17) is 16.3 Å². The molecule has 0 aliphatic heterocycles. The minimum absolute atomic E-state index is 0.225. The van der Waals surface area contributed by atoms with Crippen LogP contribution in [-0.2, 0) is 0 Å². The molecule has 1 aromatic carbocycles. The van der Waals surface area contributed by atoms with E-state index in [1.54, 1.807) is 25.3 Å². The Labute approximate surface area is 113 Å². The van der Waals surface area contributed by atoms with Crippen LogP contribution < -0.4 is 15.4 Å². The van der Waals surface area contributed by atoms with Crippen molar-refractivity contribution in [3.05, 3.63) is 23.2 Å². The summed E-state index contributed by atoms with van der Waals surface area (Å²) < 4.78 is 5.04. The number of nitrogens with one attached hydrogen (secondary N) is 2. The summed E-state index contributed by atoms with van der Waals surface area (Å²) in [6.45, 7) is 4.89. The molecular weight excluding hydrogens is 252 g/mol. The van der Waals surface area contributed by atoms with E-state index in [1.165, 1.54) is 0 Å². The minimum Gasteiger partial charge on any atom is -0.495 e. The number of hydrogen-bond acceptors (Lipinski definition) is 2. The molecule has 2 N–H and O–H groups in total. The predicted molar refractivity (Wildman–Crippen MR) is 74.5 cm³/mol. The van der Waals surface area contributed by atoms with Crippen molar-refractivity contribution in [2.45, 2.75) is 20.3 Å². The van der Waals surface area contributed by atoms with E-state index in [2.05, 4.69) is 24.5 Å². The fraction of sp³-hybridized carbons (Fsp3) is 0.462. The molecule has 0 saturated heterocycles. The molecule has 0 heterocycles. The van der Waals surface area contributed by atoms with Gasteiger partial charge in [0.1, 0.15) is 5.75 Å². The molecule has 0 bridgehead atoms. The maximum absolute atomic E-state index is 11.6. The van der Waals surface area contributed by atoms with Gasteiger partial charge in [0, 0.05) is 12.2 Å². The SMILES string of the molecule is COc1ccc(NC(=O)NCCC(C)C)cc1Cl. The van der Waals surface area contributed by atoms with Gasteiger partial charge in [0.2, 0.25) is 0 Å². The normalized spacial score (nSPS) is 10.3. The van der Waals surface area contributed by atoms with Gasteiger partial charge in [-0.05, 0) is 30.5 Å². The molecule has 4 nitrogen and oxygen atoms in total. The van der Waals surface area contributed by atoms with E-state index in [1.807, 2.05) is 0 Å². The van der Waals surface area contributed by atoms with Gasteiger partial charge in [-0.2, -0.15) is 0 Å². The van der Waals surface area contributed by atoms with Crippen LogP contribution in [0.3, 0.4) is 0 Å². The first-order valence-electron chi connectivity index (χ1n) is 5.91. The van der Waals surface area contributed by atoms with Crippen LogP contribution in [-0.4, -0.2) is 19.7 Å². The van der Waals surface area contributed by atoms with Crippen molar-refractivity contribution in [3.8, 4) is 5.75 Å². The molecule has 2 amide bonds. The number of benzene rings is 1. The highest BCUT2D eigenvalue weighted by molar-refractivity contribution is 6.32. The highest BCUT2D eigenvalue weighted by atomic mass is 35.5. The van der Waals surface area contributed by atoms with Crippen LogP contribution in [0.4, 0.5) is 10.5 Å². The maximum Gasteiger partial charge on any atom is 0.319 e. The fourth-order valence-corrected chi connectivity index (χ4v) is 1.65. The van der Waals surface area contributed by atoms with Crippen molar-refractivity contribution in [1.82, 2.24) is 5.32 Å². The van der Waals surface area contributed by atoms with Crippen LogP contribution in [0.1, 0.15) is 20.3 Å². The summed E-state index contributed by atoms with van der Waals surface area (Å²) in [4.78, 5) is 11.6. The van der Waals surface area contributed by atoms with Crippen molar-refractivity contribution in [2.24, 2.45) is 5.92 Å². The van der Waals surface area contributed by atoms with E-state index >= 15 is 0 Å². The average Bonchev–Trinajstić information content (AvgIpc) is 2.28. The van der Waals surface area contributed by atoms with E-state index in [0.29, 0.717) is 28.9 Å². The molecular formula is C13H19ClN2O2. The lowest BCUT2D eigenvalue weighted by Gasteiger charge is -2.10. The Morgan fingerprint density at radius 2 is 2.17 bits per heavy atom. The van der Waals surface area contributed by atoms with Crippen LogP contribution >= 0.6 is 11.6 Å². The number of urea groups is 1. The molecule has 0 aliphatic carbocycles. The number of methoxy groups -OCH3 is 1. The van der Waals surface area contributed by atoms with Gasteiger partial charge in [0.15, 0.2) is 0 Å². The van der Waals surface area contributed by atoms with Gasteiger partial charge in [-0.15, -0.1) is 0 Å². The first-order chi connectivity index (χ1) is 8.52. The number of rotatable bonds is 5. The van der Waals surface area contributed by atoms with Crippen LogP contribution in [0.2, 0.25) is 5.02 Å². The lowest BCUT2D eigenvalue weighted by molar-refractivity contribution is 0.251. The Balaban J connectivity index is 2.47. The number of halogens is 1. The fourth-order valence-electron chi connectivity index (χ4n) is 1.39. The quantitative estimate of drug-likeness (QED) is 0.860. The molecule has 0 radical (unpaired) electrons. The number of hydrogen-bond donors (Lipinski definition) is 2. The van der Waals surface area contributed by atoms with E-state index in [-0.39, 0.29) is 6.03 Å². The number of amides is 2. The Morgan fingerprint density at radius 3 is 2.72 bits per heavy atom. The second-order valence-corrected chi connectivity index (χ2v) is 4.82.